The molecular formula is C20H17N3O2S2. The van der Waals surface area contributed by atoms with Crippen LogP contribution in [-0.2, 0) is 6.54 Å². The fourth-order valence-electron chi connectivity index (χ4n) is 2.75. The molecular weight excluding hydrogens is 378 g/mol. The molecule has 0 spiro atoms. The van der Waals surface area contributed by atoms with Crippen LogP contribution < -0.4 is 5.32 Å². The molecule has 7 heteroatoms. The number of carbonyl (C=O) groups is 1. The average molecular weight is 396 g/mol. The number of aromatic nitrogens is 2. The predicted octanol–water partition coefficient (Wildman–Crippen LogP) is 4.98. The van der Waals surface area contributed by atoms with E-state index >= 15 is 0 Å². The van der Waals surface area contributed by atoms with Gasteiger partial charge in [-0.2, -0.15) is 0 Å². The van der Waals surface area contributed by atoms with Crippen molar-refractivity contribution in [2.24, 2.45) is 0 Å². The van der Waals surface area contributed by atoms with Crippen molar-refractivity contribution in [1.29, 1.82) is 0 Å². The SMILES string of the molecule is Cc1sc2ncnc(Sc3ccccc3C(=O)NCc3ccco3)c2c1C. The van der Waals surface area contributed by atoms with E-state index in [9.17, 15) is 4.79 Å². The Labute approximate surface area is 164 Å². The summed E-state index contributed by atoms with van der Waals surface area (Å²) >= 11 is 3.16. The van der Waals surface area contributed by atoms with Crippen molar-refractivity contribution in [3.63, 3.8) is 0 Å². The van der Waals surface area contributed by atoms with E-state index in [-0.39, 0.29) is 5.91 Å². The van der Waals surface area contributed by atoms with E-state index in [0.717, 1.165) is 25.9 Å². The van der Waals surface area contributed by atoms with Crippen LogP contribution in [0.3, 0.4) is 0 Å². The molecule has 0 saturated heterocycles. The molecule has 0 atom stereocenters. The summed E-state index contributed by atoms with van der Waals surface area (Å²) in [5.74, 6) is 0.577. The molecule has 27 heavy (non-hydrogen) atoms. The fraction of sp³-hybridized carbons (Fsp3) is 0.150. The number of thiophene rings is 1. The molecule has 3 aromatic heterocycles. The molecule has 0 aliphatic rings. The maximum atomic E-state index is 12.7. The van der Waals surface area contributed by atoms with Crippen molar-refractivity contribution in [1.82, 2.24) is 15.3 Å². The maximum Gasteiger partial charge on any atom is 0.252 e. The van der Waals surface area contributed by atoms with Crippen LogP contribution in [0.2, 0.25) is 0 Å². The molecule has 1 N–H and O–H groups in total. The Bertz CT molecular complexity index is 1100. The summed E-state index contributed by atoms with van der Waals surface area (Å²) < 4.78 is 5.27. The van der Waals surface area contributed by atoms with Crippen molar-refractivity contribution < 1.29 is 9.21 Å². The van der Waals surface area contributed by atoms with Crippen LogP contribution in [0.1, 0.15) is 26.6 Å². The lowest BCUT2D eigenvalue weighted by Gasteiger charge is -2.09. The van der Waals surface area contributed by atoms with Crippen LogP contribution in [0.5, 0.6) is 0 Å². The Morgan fingerprint density at radius 1 is 1.19 bits per heavy atom. The second-order valence-electron chi connectivity index (χ2n) is 6.00. The number of nitrogens with one attached hydrogen (secondary N) is 1. The quantitative estimate of drug-likeness (QED) is 0.483. The molecule has 0 aliphatic heterocycles. The number of carbonyl (C=O) groups excluding carboxylic acids is 1. The van der Waals surface area contributed by atoms with Crippen molar-refractivity contribution >= 4 is 39.2 Å². The summed E-state index contributed by atoms with van der Waals surface area (Å²) in [5.41, 5.74) is 1.81. The first-order chi connectivity index (χ1) is 13.1. The van der Waals surface area contributed by atoms with Crippen molar-refractivity contribution in [3.8, 4) is 0 Å². The van der Waals surface area contributed by atoms with Crippen LogP contribution in [0.4, 0.5) is 0 Å². The Morgan fingerprint density at radius 3 is 2.85 bits per heavy atom. The van der Waals surface area contributed by atoms with E-state index in [0.29, 0.717) is 12.1 Å². The Kier molecular flexibility index (Phi) is 4.96. The largest absolute Gasteiger partial charge is 0.467 e. The van der Waals surface area contributed by atoms with E-state index in [1.54, 1.807) is 30.0 Å². The third-order valence-electron chi connectivity index (χ3n) is 4.27. The van der Waals surface area contributed by atoms with E-state index in [1.165, 1.54) is 22.2 Å². The molecule has 0 bridgehead atoms. The number of benzene rings is 1. The zero-order valence-electron chi connectivity index (χ0n) is 14.9. The number of aryl methyl sites for hydroxylation is 2. The molecule has 136 valence electrons. The minimum absolute atomic E-state index is 0.141. The zero-order chi connectivity index (χ0) is 18.8. The monoisotopic (exact) mass is 395 g/mol. The maximum absolute atomic E-state index is 12.7. The van der Waals surface area contributed by atoms with Gasteiger partial charge in [0.05, 0.1) is 18.4 Å². The lowest BCUT2D eigenvalue weighted by Crippen LogP contribution is -2.23. The average Bonchev–Trinajstić information content (AvgIpc) is 3.29. The first-order valence-electron chi connectivity index (χ1n) is 8.41. The number of furan rings is 1. The lowest BCUT2D eigenvalue weighted by molar-refractivity contribution is 0.0945. The number of hydrogen-bond donors (Lipinski definition) is 1. The van der Waals surface area contributed by atoms with Crippen LogP contribution in [-0.4, -0.2) is 15.9 Å². The van der Waals surface area contributed by atoms with Gasteiger partial charge in [0.2, 0.25) is 0 Å². The van der Waals surface area contributed by atoms with Gasteiger partial charge >= 0.3 is 0 Å². The van der Waals surface area contributed by atoms with E-state index in [1.807, 2.05) is 30.3 Å². The number of fused-ring (bicyclic) bond motifs is 1. The Hall–Kier alpha value is -2.64. The third kappa shape index (κ3) is 3.61. The highest BCUT2D eigenvalue weighted by Gasteiger charge is 2.17. The number of nitrogens with zero attached hydrogens (tertiary/aromatic N) is 2. The first kappa shape index (κ1) is 17.8. The predicted molar refractivity (Wildman–Crippen MR) is 107 cm³/mol. The second-order valence-corrected chi connectivity index (χ2v) is 8.24. The Morgan fingerprint density at radius 2 is 2.04 bits per heavy atom. The van der Waals surface area contributed by atoms with E-state index in [4.69, 9.17) is 4.42 Å². The molecule has 0 saturated carbocycles. The van der Waals surface area contributed by atoms with Gasteiger partial charge < -0.3 is 9.73 Å². The normalized spacial score (nSPS) is 11.0. The number of amides is 1. The molecule has 3 heterocycles. The molecule has 1 aromatic carbocycles. The minimum atomic E-state index is -0.141. The smallest absolute Gasteiger partial charge is 0.252 e. The third-order valence-corrected chi connectivity index (χ3v) is 6.47. The second kappa shape index (κ2) is 7.54. The summed E-state index contributed by atoms with van der Waals surface area (Å²) in [4.78, 5) is 24.6. The molecule has 0 unspecified atom stereocenters. The number of rotatable bonds is 5. The molecule has 0 aliphatic carbocycles. The van der Waals surface area contributed by atoms with Crippen LogP contribution in [0, 0.1) is 13.8 Å². The summed E-state index contributed by atoms with van der Waals surface area (Å²) in [5, 5.41) is 4.84. The minimum Gasteiger partial charge on any atom is -0.467 e. The first-order valence-corrected chi connectivity index (χ1v) is 10.0. The zero-order valence-corrected chi connectivity index (χ0v) is 16.5. The molecule has 4 rings (SSSR count). The van der Waals surface area contributed by atoms with Gasteiger partial charge in [-0.05, 0) is 43.7 Å². The highest BCUT2D eigenvalue weighted by molar-refractivity contribution is 7.99. The van der Waals surface area contributed by atoms with Gasteiger partial charge in [-0.1, -0.05) is 23.9 Å². The van der Waals surface area contributed by atoms with Gasteiger partial charge in [-0.25, -0.2) is 9.97 Å². The highest BCUT2D eigenvalue weighted by atomic mass is 32.2. The van der Waals surface area contributed by atoms with Crippen LogP contribution in [0.15, 0.2) is 63.3 Å². The fourth-order valence-corrected chi connectivity index (χ4v) is 4.89. The van der Waals surface area contributed by atoms with Gasteiger partial charge in [-0.3, -0.25) is 4.79 Å². The summed E-state index contributed by atoms with van der Waals surface area (Å²) in [6.07, 6.45) is 3.18. The molecule has 4 aromatic rings. The van der Waals surface area contributed by atoms with Gasteiger partial charge in [0.15, 0.2) is 0 Å². The molecule has 0 fully saturated rings. The van der Waals surface area contributed by atoms with E-state index < -0.39 is 0 Å². The Balaban J connectivity index is 1.63. The van der Waals surface area contributed by atoms with Gasteiger partial charge in [-0.15, -0.1) is 11.3 Å². The molecule has 5 nitrogen and oxygen atoms in total. The van der Waals surface area contributed by atoms with Crippen molar-refractivity contribution in [3.05, 3.63) is 70.8 Å². The van der Waals surface area contributed by atoms with Gasteiger partial charge in [0.1, 0.15) is 21.9 Å². The van der Waals surface area contributed by atoms with Crippen LogP contribution in [0.25, 0.3) is 10.2 Å². The highest BCUT2D eigenvalue weighted by Crippen LogP contribution is 2.38. The summed E-state index contributed by atoms with van der Waals surface area (Å²) in [6.45, 7) is 4.53. The lowest BCUT2D eigenvalue weighted by atomic mass is 10.2. The van der Waals surface area contributed by atoms with Gasteiger partial charge in [0.25, 0.3) is 5.91 Å². The van der Waals surface area contributed by atoms with Gasteiger partial charge in [0, 0.05) is 15.2 Å². The van der Waals surface area contributed by atoms with Crippen molar-refractivity contribution in [2.45, 2.75) is 30.3 Å². The standard InChI is InChI=1S/C20H17N3O2S2/c1-12-13(2)26-19-17(12)20(23-11-22-19)27-16-8-4-3-7-15(16)18(24)21-10-14-6-5-9-25-14/h3-9,11H,10H2,1-2H3,(H,21,24). The van der Waals surface area contributed by atoms with Crippen LogP contribution >= 0.6 is 23.1 Å². The molecule has 1 amide bonds. The molecule has 0 radical (unpaired) electrons. The topological polar surface area (TPSA) is 68.0 Å². The number of hydrogen-bond acceptors (Lipinski definition) is 6. The van der Waals surface area contributed by atoms with Crippen molar-refractivity contribution in [2.75, 3.05) is 0 Å². The summed E-state index contributed by atoms with van der Waals surface area (Å²) in [7, 11) is 0. The summed E-state index contributed by atoms with van der Waals surface area (Å²) in [6, 6.07) is 11.2. The van der Waals surface area contributed by atoms with E-state index in [2.05, 4.69) is 29.1 Å².